The van der Waals surface area contributed by atoms with Crippen LogP contribution in [0.3, 0.4) is 0 Å². The van der Waals surface area contributed by atoms with Crippen molar-refractivity contribution < 1.29 is 5.48 Å². The molecule has 0 amide bonds. The van der Waals surface area contributed by atoms with Crippen molar-refractivity contribution in [3.05, 3.63) is 60.2 Å². The minimum absolute atomic E-state index is 0. The van der Waals surface area contributed by atoms with Crippen LogP contribution in [0.15, 0.2) is 54.6 Å². The highest BCUT2D eigenvalue weighted by Gasteiger charge is 1.96. The highest BCUT2D eigenvalue weighted by Crippen LogP contribution is 2.19. The molecule has 0 radical (unpaired) electrons. The van der Waals surface area contributed by atoms with Gasteiger partial charge in [-0.2, -0.15) is 0 Å². The second-order valence-corrected chi connectivity index (χ2v) is 3.81. The smallest absolute Gasteiger partial charge is 0.0184 e. The summed E-state index contributed by atoms with van der Waals surface area (Å²) >= 11 is 0. The largest absolute Gasteiger partial charge is 0.412 e. The summed E-state index contributed by atoms with van der Waals surface area (Å²) in [5.41, 5.74) is 4.02. The van der Waals surface area contributed by atoms with E-state index >= 15 is 0 Å². The maximum atomic E-state index is 2.23. The van der Waals surface area contributed by atoms with Gasteiger partial charge in [0.05, 0.1) is 0 Å². The Kier molecular flexibility index (Phi) is 4.74. The van der Waals surface area contributed by atoms with Gasteiger partial charge in [0.2, 0.25) is 0 Å². The topological polar surface area (TPSA) is 31.5 Å². The van der Waals surface area contributed by atoms with Gasteiger partial charge in [-0.05, 0) is 23.1 Å². The predicted molar refractivity (Wildman–Crippen MR) is 69.5 cm³/mol. The molecule has 2 rings (SSSR count). The van der Waals surface area contributed by atoms with E-state index in [-0.39, 0.29) is 5.48 Å². The lowest BCUT2D eigenvalue weighted by Crippen LogP contribution is -1.83. The summed E-state index contributed by atoms with van der Waals surface area (Å²) in [6.45, 7) is 2.21. The fourth-order valence-electron chi connectivity index (χ4n) is 1.78. The standard InChI is InChI=1S/C15H16.H2O/c1-2-6-13-9-11-15(12-10-13)14-7-4-3-5-8-14;/h3-5,7-12H,2,6H2,1H3;1H2. The van der Waals surface area contributed by atoms with Crippen LogP contribution in [0.1, 0.15) is 18.9 Å². The number of hydrogen-bond acceptors (Lipinski definition) is 0. The Hall–Kier alpha value is -1.60. The number of hydrogen-bond donors (Lipinski definition) is 0. The molecule has 1 nitrogen and oxygen atoms in total. The monoisotopic (exact) mass is 214 g/mol. The molecule has 1 heteroatoms. The molecular formula is C15H18O. The summed E-state index contributed by atoms with van der Waals surface area (Å²) in [5.74, 6) is 0. The number of benzene rings is 2. The number of rotatable bonds is 3. The van der Waals surface area contributed by atoms with Crippen LogP contribution >= 0.6 is 0 Å². The van der Waals surface area contributed by atoms with Crippen molar-refractivity contribution in [2.45, 2.75) is 19.8 Å². The third-order valence-corrected chi connectivity index (χ3v) is 2.60. The molecule has 2 aromatic carbocycles. The SMILES string of the molecule is CCCc1ccc(-c2ccccc2)cc1.O. The molecule has 0 saturated heterocycles. The first-order valence-electron chi connectivity index (χ1n) is 5.54. The van der Waals surface area contributed by atoms with Gasteiger partial charge in [0.15, 0.2) is 0 Å². The third kappa shape index (κ3) is 2.94. The summed E-state index contributed by atoms with van der Waals surface area (Å²) in [6.07, 6.45) is 2.39. The predicted octanol–water partition coefficient (Wildman–Crippen LogP) is 3.48. The Bertz CT molecular complexity index is 403. The molecule has 0 aliphatic heterocycles. The summed E-state index contributed by atoms with van der Waals surface area (Å²) in [6, 6.07) is 19.4. The van der Waals surface area contributed by atoms with Gasteiger partial charge in [0.25, 0.3) is 0 Å². The zero-order chi connectivity index (χ0) is 10.5. The molecular weight excluding hydrogens is 196 g/mol. The van der Waals surface area contributed by atoms with E-state index in [1.165, 1.54) is 29.5 Å². The first-order valence-corrected chi connectivity index (χ1v) is 5.54. The molecule has 0 aromatic heterocycles. The van der Waals surface area contributed by atoms with Crippen LogP contribution in [0.25, 0.3) is 11.1 Å². The Morgan fingerprint density at radius 3 is 1.88 bits per heavy atom. The summed E-state index contributed by atoms with van der Waals surface area (Å²) in [4.78, 5) is 0. The molecule has 0 fully saturated rings. The molecule has 0 aliphatic rings. The van der Waals surface area contributed by atoms with Gasteiger partial charge < -0.3 is 5.48 Å². The second kappa shape index (κ2) is 6.09. The Morgan fingerprint density at radius 1 is 0.750 bits per heavy atom. The van der Waals surface area contributed by atoms with Crippen LogP contribution < -0.4 is 0 Å². The van der Waals surface area contributed by atoms with Crippen molar-refractivity contribution in [1.82, 2.24) is 0 Å². The average Bonchev–Trinajstić information content (AvgIpc) is 2.32. The molecule has 2 aromatic rings. The highest BCUT2D eigenvalue weighted by molar-refractivity contribution is 5.63. The van der Waals surface area contributed by atoms with E-state index in [0.29, 0.717) is 0 Å². The minimum Gasteiger partial charge on any atom is -0.412 e. The van der Waals surface area contributed by atoms with Gasteiger partial charge in [-0.15, -0.1) is 0 Å². The molecule has 2 N–H and O–H groups in total. The summed E-state index contributed by atoms with van der Waals surface area (Å²) < 4.78 is 0. The third-order valence-electron chi connectivity index (χ3n) is 2.60. The van der Waals surface area contributed by atoms with Crippen LogP contribution in [0, 0.1) is 0 Å². The Labute approximate surface area is 97.1 Å². The first kappa shape index (κ1) is 12.5. The lowest BCUT2D eigenvalue weighted by Gasteiger charge is -2.03. The van der Waals surface area contributed by atoms with Gasteiger partial charge >= 0.3 is 0 Å². The fraction of sp³-hybridized carbons (Fsp3) is 0.200. The Morgan fingerprint density at radius 2 is 1.31 bits per heavy atom. The molecule has 0 unspecified atom stereocenters. The van der Waals surface area contributed by atoms with E-state index < -0.39 is 0 Å². The van der Waals surface area contributed by atoms with Gasteiger partial charge in [-0.3, -0.25) is 0 Å². The van der Waals surface area contributed by atoms with Crippen molar-refractivity contribution in [2.24, 2.45) is 0 Å². The zero-order valence-corrected chi connectivity index (χ0v) is 9.61. The highest BCUT2D eigenvalue weighted by atomic mass is 16.0. The van der Waals surface area contributed by atoms with E-state index in [9.17, 15) is 0 Å². The van der Waals surface area contributed by atoms with Crippen molar-refractivity contribution in [3.8, 4) is 11.1 Å². The van der Waals surface area contributed by atoms with Crippen molar-refractivity contribution in [2.75, 3.05) is 0 Å². The normalized spacial score (nSPS) is 9.56. The maximum Gasteiger partial charge on any atom is -0.0184 e. The second-order valence-electron chi connectivity index (χ2n) is 3.81. The minimum atomic E-state index is 0. The molecule has 0 saturated carbocycles. The van der Waals surface area contributed by atoms with Crippen LogP contribution in [0.5, 0.6) is 0 Å². The summed E-state index contributed by atoms with van der Waals surface area (Å²) in [7, 11) is 0. The fourth-order valence-corrected chi connectivity index (χ4v) is 1.78. The number of aryl methyl sites for hydroxylation is 1. The van der Waals surface area contributed by atoms with E-state index in [0.717, 1.165) is 0 Å². The maximum absolute atomic E-state index is 2.23. The molecule has 0 atom stereocenters. The molecule has 16 heavy (non-hydrogen) atoms. The molecule has 84 valence electrons. The molecule has 0 spiro atoms. The van der Waals surface area contributed by atoms with E-state index in [2.05, 4.69) is 61.5 Å². The van der Waals surface area contributed by atoms with Gasteiger partial charge in [-0.25, -0.2) is 0 Å². The zero-order valence-electron chi connectivity index (χ0n) is 9.61. The quantitative estimate of drug-likeness (QED) is 0.749. The lowest BCUT2D eigenvalue weighted by atomic mass is 10.0. The van der Waals surface area contributed by atoms with E-state index in [1.807, 2.05) is 0 Å². The molecule has 0 heterocycles. The van der Waals surface area contributed by atoms with Crippen LogP contribution in [-0.2, 0) is 6.42 Å². The lowest BCUT2D eigenvalue weighted by molar-refractivity contribution is 0.824. The van der Waals surface area contributed by atoms with Gasteiger partial charge in [0.1, 0.15) is 0 Å². The van der Waals surface area contributed by atoms with Crippen LogP contribution in [0.4, 0.5) is 0 Å². The van der Waals surface area contributed by atoms with Gasteiger partial charge in [0, 0.05) is 0 Å². The van der Waals surface area contributed by atoms with Crippen LogP contribution in [0.2, 0.25) is 0 Å². The van der Waals surface area contributed by atoms with E-state index in [4.69, 9.17) is 0 Å². The van der Waals surface area contributed by atoms with Crippen LogP contribution in [-0.4, -0.2) is 5.48 Å². The van der Waals surface area contributed by atoms with Crippen molar-refractivity contribution in [3.63, 3.8) is 0 Å². The molecule has 0 aliphatic carbocycles. The summed E-state index contributed by atoms with van der Waals surface area (Å²) in [5, 5.41) is 0. The van der Waals surface area contributed by atoms with Crippen molar-refractivity contribution >= 4 is 0 Å². The van der Waals surface area contributed by atoms with Crippen molar-refractivity contribution in [1.29, 1.82) is 0 Å². The Balaban J connectivity index is 0.00000128. The van der Waals surface area contributed by atoms with E-state index in [1.54, 1.807) is 0 Å². The average molecular weight is 214 g/mol. The first-order chi connectivity index (χ1) is 7.40. The van der Waals surface area contributed by atoms with Gasteiger partial charge in [-0.1, -0.05) is 67.9 Å². The molecule has 0 bridgehead atoms.